The number of esters is 1. The van der Waals surface area contributed by atoms with Crippen LogP contribution in [0.2, 0.25) is 0 Å². The maximum absolute atomic E-state index is 11.3. The fraction of sp³-hybridized carbons (Fsp3) is 0.583. The highest BCUT2D eigenvalue weighted by atomic mass is 16.5. The molecule has 0 unspecified atom stereocenters. The molecule has 2 aliphatic rings. The minimum atomic E-state index is -0.448. The number of aromatic nitrogens is 2. The number of anilines is 1. The van der Waals surface area contributed by atoms with Gasteiger partial charge in [-0.05, 0) is 24.0 Å². The number of nitrogens with one attached hydrogen (secondary N) is 1. The van der Waals surface area contributed by atoms with Gasteiger partial charge in [-0.3, -0.25) is 0 Å². The van der Waals surface area contributed by atoms with E-state index in [1.807, 2.05) is 6.07 Å². The average molecular weight is 248 g/mol. The smallest absolute Gasteiger partial charge is 0.358 e. The predicted molar refractivity (Wildman–Crippen MR) is 65.4 cm³/mol. The van der Waals surface area contributed by atoms with Gasteiger partial charge in [-0.1, -0.05) is 0 Å². The highest BCUT2D eigenvalue weighted by molar-refractivity contribution is 5.86. The summed E-state index contributed by atoms with van der Waals surface area (Å²) >= 11 is 0. The normalized spacial score (nSPS) is 26.2. The number of rotatable bonds is 2. The quantitative estimate of drug-likeness (QED) is 0.738. The molecule has 0 saturated carbocycles. The van der Waals surface area contributed by atoms with Crippen LogP contribution in [0.3, 0.4) is 0 Å². The lowest BCUT2D eigenvalue weighted by atomic mass is 10.0. The minimum absolute atomic E-state index is 0.252. The first-order valence-electron chi connectivity index (χ1n) is 6.15. The molecule has 1 N–H and O–H groups in total. The first-order chi connectivity index (χ1) is 8.78. The van der Waals surface area contributed by atoms with Crippen molar-refractivity contribution in [2.24, 2.45) is 11.8 Å². The Labute approximate surface area is 105 Å². The second kappa shape index (κ2) is 4.53. The summed E-state index contributed by atoms with van der Waals surface area (Å²) in [4.78, 5) is 13.5. The summed E-state index contributed by atoms with van der Waals surface area (Å²) in [6, 6.07) is 3.51. The van der Waals surface area contributed by atoms with Gasteiger partial charge in [-0.25, -0.2) is 4.79 Å². The highest BCUT2D eigenvalue weighted by Crippen LogP contribution is 2.29. The number of hydrogen-bond donors (Lipinski definition) is 1. The molecule has 0 amide bonds. The molecule has 3 heterocycles. The Hall–Kier alpha value is -1.69. The fourth-order valence-electron chi connectivity index (χ4n) is 2.75. The van der Waals surface area contributed by atoms with E-state index in [0.717, 1.165) is 32.0 Å². The summed E-state index contributed by atoms with van der Waals surface area (Å²) in [6.45, 7) is 4.22. The van der Waals surface area contributed by atoms with Crippen LogP contribution in [0.25, 0.3) is 0 Å². The molecule has 1 aromatic rings. The van der Waals surface area contributed by atoms with Gasteiger partial charge in [0.2, 0.25) is 0 Å². The van der Waals surface area contributed by atoms with Crippen LogP contribution in [-0.2, 0) is 4.74 Å². The topological polar surface area (TPSA) is 67.3 Å². The third-order valence-corrected chi connectivity index (χ3v) is 3.76. The standard InChI is InChI=1S/C12H16N4O2/c1-18-12(17)10-2-3-11(15-14-10)16-6-8-4-13-5-9(8)7-16/h2-3,8-9,13H,4-7H2,1H3/t8-,9+. The van der Waals surface area contributed by atoms with Crippen molar-refractivity contribution in [1.29, 1.82) is 0 Å². The monoisotopic (exact) mass is 248 g/mol. The maximum atomic E-state index is 11.3. The number of hydrogen-bond acceptors (Lipinski definition) is 6. The van der Waals surface area contributed by atoms with E-state index in [2.05, 4.69) is 25.2 Å². The van der Waals surface area contributed by atoms with Crippen molar-refractivity contribution in [1.82, 2.24) is 15.5 Å². The molecule has 3 rings (SSSR count). The zero-order valence-corrected chi connectivity index (χ0v) is 10.3. The SMILES string of the molecule is COC(=O)c1ccc(N2C[C@H]3CNC[C@H]3C2)nn1. The van der Waals surface area contributed by atoms with Crippen LogP contribution in [0.4, 0.5) is 5.82 Å². The third-order valence-electron chi connectivity index (χ3n) is 3.76. The van der Waals surface area contributed by atoms with Gasteiger partial charge in [0.15, 0.2) is 11.5 Å². The zero-order chi connectivity index (χ0) is 12.5. The van der Waals surface area contributed by atoms with Crippen molar-refractivity contribution in [3.63, 3.8) is 0 Å². The summed E-state index contributed by atoms with van der Waals surface area (Å²) in [5.74, 6) is 1.83. The van der Waals surface area contributed by atoms with Crippen molar-refractivity contribution >= 4 is 11.8 Å². The lowest BCUT2D eigenvalue weighted by Gasteiger charge is -2.17. The van der Waals surface area contributed by atoms with Crippen molar-refractivity contribution in [3.8, 4) is 0 Å². The zero-order valence-electron chi connectivity index (χ0n) is 10.3. The molecule has 1 aromatic heterocycles. The van der Waals surface area contributed by atoms with Gasteiger partial charge < -0.3 is 15.0 Å². The van der Waals surface area contributed by atoms with Crippen molar-refractivity contribution in [2.75, 3.05) is 38.2 Å². The van der Waals surface area contributed by atoms with Crippen LogP contribution in [0.1, 0.15) is 10.5 Å². The molecular weight excluding hydrogens is 232 g/mol. The van der Waals surface area contributed by atoms with Gasteiger partial charge in [-0.2, -0.15) is 0 Å². The summed E-state index contributed by atoms with van der Waals surface area (Å²) in [5, 5.41) is 11.4. The minimum Gasteiger partial charge on any atom is -0.464 e. The van der Waals surface area contributed by atoms with Crippen LogP contribution in [0, 0.1) is 11.8 Å². The fourth-order valence-corrected chi connectivity index (χ4v) is 2.75. The Morgan fingerprint density at radius 3 is 2.61 bits per heavy atom. The summed E-state index contributed by atoms with van der Waals surface area (Å²) in [5.41, 5.74) is 0.252. The molecule has 2 aliphatic heterocycles. The van der Waals surface area contributed by atoms with E-state index >= 15 is 0 Å². The van der Waals surface area contributed by atoms with Gasteiger partial charge in [0.25, 0.3) is 0 Å². The predicted octanol–water partition coefficient (Wildman–Crippen LogP) is -0.0812. The lowest BCUT2D eigenvalue weighted by Crippen LogP contribution is -2.26. The Balaban J connectivity index is 1.72. The molecule has 6 nitrogen and oxygen atoms in total. The molecule has 0 aliphatic carbocycles. The van der Waals surface area contributed by atoms with Crippen LogP contribution >= 0.6 is 0 Å². The Kier molecular flexibility index (Phi) is 2.87. The first-order valence-corrected chi connectivity index (χ1v) is 6.15. The van der Waals surface area contributed by atoms with Gasteiger partial charge >= 0.3 is 5.97 Å². The molecule has 0 spiro atoms. The lowest BCUT2D eigenvalue weighted by molar-refractivity contribution is 0.0592. The largest absolute Gasteiger partial charge is 0.464 e. The van der Waals surface area contributed by atoms with E-state index in [-0.39, 0.29) is 5.69 Å². The molecule has 6 heteroatoms. The van der Waals surface area contributed by atoms with Crippen molar-refractivity contribution < 1.29 is 9.53 Å². The molecule has 2 saturated heterocycles. The van der Waals surface area contributed by atoms with Crippen LogP contribution in [0.15, 0.2) is 12.1 Å². The van der Waals surface area contributed by atoms with Crippen LogP contribution in [0.5, 0.6) is 0 Å². The number of ether oxygens (including phenoxy) is 1. The summed E-state index contributed by atoms with van der Waals surface area (Å²) in [7, 11) is 1.34. The van der Waals surface area contributed by atoms with E-state index in [1.165, 1.54) is 7.11 Å². The number of fused-ring (bicyclic) bond motifs is 1. The van der Waals surface area contributed by atoms with E-state index in [1.54, 1.807) is 6.07 Å². The number of carbonyl (C=O) groups is 1. The molecule has 0 radical (unpaired) electrons. The Bertz CT molecular complexity index is 436. The van der Waals surface area contributed by atoms with Gasteiger partial charge in [0.1, 0.15) is 0 Å². The van der Waals surface area contributed by atoms with E-state index < -0.39 is 5.97 Å². The number of carbonyl (C=O) groups excluding carboxylic acids is 1. The second-order valence-corrected chi connectivity index (χ2v) is 4.85. The maximum Gasteiger partial charge on any atom is 0.358 e. The molecule has 2 atom stereocenters. The Morgan fingerprint density at radius 1 is 1.33 bits per heavy atom. The molecule has 18 heavy (non-hydrogen) atoms. The van der Waals surface area contributed by atoms with Crippen LogP contribution in [-0.4, -0.2) is 49.5 Å². The van der Waals surface area contributed by atoms with Gasteiger partial charge in [0.05, 0.1) is 7.11 Å². The number of nitrogens with zero attached hydrogens (tertiary/aromatic N) is 3. The third kappa shape index (κ3) is 1.92. The average Bonchev–Trinajstić information content (AvgIpc) is 2.99. The highest BCUT2D eigenvalue weighted by Gasteiger charge is 2.36. The molecule has 96 valence electrons. The van der Waals surface area contributed by atoms with Gasteiger partial charge in [-0.15, -0.1) is 10.2 Å². The molecule has 2 fully saturated rings. The molecule has 0 aromatic carbocycles. The van der Waals surface area contributed by atoms with Crippen molar-refractivity contribution in [3.05, 3.63) is 17.8 Å². The molecular formula is C12H16N4O2. The first kappa shape index (κ1) is 11.4. The van der Waals surface area contributed by atoms with E-state index in [0.29, 0.717) is 11.8 Å². The van der Waals surface area contributed by atoms with Crippen LogP contribution < -0.4 is 10.2 Å². The summed E-state index contributed by atoms with van der Waals surface area (Å²) < 4.78 is 4.60. The van der Waals surface area contributed by atoms with Crippen molar-refractivity contribution in [2.45, 2.75) is 0 Å². The van der Waals surface area contributed by atoms with Gasteiger partial charge in [0, 0.05) is 26.2 Å². The van der Waals surface area contributed by atoms with E-state index in [4.69, 9.17) is 0 Å². The number of methoxy groups -OCH3 is 1. The second-order valence-electron chi connectivity index (χ2n) is 4.85. The Morgan fingerprint density at radius 2 is 2.06 bits per heavy atom. The summed E-state index contributed by atoms with van der Waals surface area (Å²) in [6.07, 6.45) is 0. The van der Waals surface area contributed by atoms with E-state index in [9.17, 15) is 4.79 Å². The molecule has 0 bridgehead atoms.